The van der Waals surface area contributed by atoms with Crippen molar-refractivity contribution in [3.8, 4) is 5.75 Å². The summed E-state index contributed by atoms with van der Waals surface area (Å²) in [6.45, 7) is 0. The quantitative estimate of drug-likeness (QED) is 0.655. The molecular formula is C15H15O5P. The van der Waals surface area contributed by atoms with Gasteiger partial charge in [-0.2, -0.15) is 0 Å². The van der Waals surface area contributed by atoms with E-state index in [0.29, 0.717) is 11.3 Å². The minimum absolute atomic E-state index is 0.230. The Balaban J connectivity index is 2.41. The molecule has 2 N–H and O–H groups in total. The predicted molar refractivity (Wildman–Crippen MR) is 78.6 cm³/mol. The molecule has 1 atom stereocenters. The molecule has 2 rings (SSSR count). The van der Waals surface area contributed by atoms with E-state index in [2.05, 4.69) is 0 Å². The van der Waals surface area contributed by atoms with Crippen LogP contribution in [0.5, 0.6) is 5.75 Å². The van der Waals surface area contributed by atoms with E-state index in [-0.39, 0.29) is 5.56 Å². The summed E-state index contributed by atoms with van der Waals surface area (Å²) in [6, 6.07) is 14.2. The Hall–Kier alpha value is -1.94. The largest absolute Gasteiger partial charge is 0.497 e. The van der Waals surface area contributed by atoms with Gasteiger partial charge in [0.05, 0.1) is 7.11 Å². The van der Waals surface area contributed by atoms with E-state index in [4.69, 9.17) is 4.74 Å². The standard InChI is InChI=1S/C15H15O5P/c1-20-13-9-7-11(8-10-13)14(16)15(21(17,18)19)12-5-3-2-4-6-12/h2-10,15H,1H3,(H2,17,18,19). The van der Waals surface area contributed by atoms with Crippen LogP contribution in [-0.2, 0) is 4.57 Å². The molecule has 1 unspecified atom stereocenters. The number of ether oxygens (including phenoxy) is 1. The normalized spacial score (nSPS) is 12.7. The van der Waals surface area contributed by atoms with Gasteiger partial charge in [0.25, 0.3) is 0 Å². The van der Waals surface area contributed by atoms with Crippen LogP contribution < -0.4 is 4.74 Å². The van der Waals surface area contributed by atoms with Gasteiger partial charge in [-0.25, -0.2) is 0 Å². The molecule has 0 aliphatic rings. The summed E-state index contributed by atoms with van der Waals surface area (Å²) in [4.78, 5) is 31.5. The fourth-order valence-electron chi connectivity index (χ4n) is 2.05. The van der Waals surface area contributed by atoms with E-state index >= 15 is 0 Å². The molecule has 2 aromatic rings. The summed E-state index contributed by atoms with van der Waals surface area (Å²) in [5, 5.41) is 0. The molecule has 0 aliphatic heterocycles. The summed E-state index contributed by atoms with van der Waals surface area (Å²) in [6.07, 6.45) is 0. The van der Waals surface area contributed by atoms with Crippen LogP contribution in [0, 0.1) is 0 Å². The first-order valence-corrected chi connectivity index (χ1v) is 7.90. The number of hydrogen-bond donors (Lipinski definition) is 2. The molecule has 0 fully saturated rings. The Morgan fingerprint density at radius 1 is 1.05 bits per heavy atom. The van der Waals surface area contributed by atoms with Crippen molar-refractivity contribution in [1.29, 1.82) is 0 Å². The van der Waals surface area contributed by atoms with Crippen LogP contribution in [0.3, 0.4) is 0 Å². The molecule has 5 nitrogen and oxygen atoms in total. The zero-order valence-electron chi connectivity index (χ0n) is 11.3. The van der Waals surface area contributed by atoms with Gasteiger partial charge in [-0.15, -0.1) is 0 Å². The summed E-state index contributed by atoms with van der Waals surface area (Å²) < 4.78 is 16.7. The van der Waals surface area contributed by atoms with Gasteiger partial charge in [0.2, 0.25) is 0 Å². The molecule has 21 heavy (non-hydrogen) atoms. The van der Waals surface area contributed by atoms with Gasteiger partial charge in [0.1, 0.15) is 11.4 Å². The van der Waals surface area contributed by atoms with Gasteiger partial charge in [-0.3, -0.25) is 9.36 Å². The highest BCUT2D eigenvalue weighted by molar-refractivity contribution is 7.53. The number of rotatable bonds is 5. The van der Waals surface area contributed by atoms with Crippen LogP contribution in [0.1, 0.15) is 21.6 Å². The molecule has 110 valence electrons. The molecular weight excluding hydrogens is 291 g/mol. The van der Waals surface area contributed by atoms with Crippen molar-refractivity contribution in [3.05, 3.63) is 65.7 Å². The Morgan fingerprint density at radius 3 is 2.10 bits per heavy atom. The Kier molecular flexibility index (Phi) is 4.58. The first-order chi connectivity index (χ1) is 9.93. The number of Topliss-reactive ketones (excluding diaryl/α,β-unsaturated/α-hetero) is 1. The van der Waals surface area contributed by atoms with Gasteiger partial charge >= 0.3 is 7.60 Å². The monoisotopic (exact) mass is 306 g/mol. The summed E-state index contributed by atoms with van der Waals surface area (Å²) >= 11 is 0. The van der Waals surface area contributed by atoms with Gasteiger partial charge < -0.3 is 14.5 Å². The maximum absolute atomic E-state index is 12.5. The molecule has 0 amide bonds. The molecule has 0 saturated heterocycles. The Bertz CT molecular complexity index is 660. The first-order valence-electron chi connectivity index (χ1n) is 6.22. The van der Waals surface area contributed by atoms with Crippen LogP contribution in [0.2, 0.25) is 0 Å². The fourth-order valence-corrected chi connectivity index (χ4v) is 3.06. The maximum atomic E-state index is 12.5. The number of hydrogen-bond acceptors (Lipinski definition) is 3. The van der Waals surface area contributed by atoms with Crippen LogP contribution >= 0.6 is 7.60 Å². The second-order valence-corrected chi connectivity index (χ2v) is 6.19. The van der Waals surface area contributed by atoms with E-state index in [1.54, 1.807) is 30.3 Å². The summed E-state index contributed by atoms with van der Waals surface area (Å²) in [7, 11) is -3.12. The van der Waals surface area contributed by atoms with Crippen molar-refractivity contribution in [1.82, 2.24) is 0 Å². The average molecular weight is 306 g/mol. The minimum Gasteiger partial charge on any atom is -0.497 e. The Morgan fingerprint density at radius 2 is 1.62 bits per heavy atom. The van der Waals surface area contributed by atoms with Crippen LogP contribution in [0.25, 0.3) is 0 Å². The molecule has 0 aromatic heterocycles. The smallest absolute Gasteiger partial charge is 0.340 e. The SMILES string of the molecule is COc1ccc(C(=O)C(c2ccccc2)P(=O)(O)O)cc1. The van der Waals surface area contributed by atoms with E-state index in [1.165, 1.54) is 31.4 Å². The number of ketones is 1. The molecule has 0 bridgehead atoms. The number of carbonyl (C=O) groups is 1. The molecule has 6 heteroatoms. The van der Waals surface area contributed by atoms with Gasteiger partial charge in [-0.1, -0.05) is 30.3 Å². The highest BCUT2D eigenvalue weighted by atomic mass is 31.2. The number of benzene rings is 2. The molecule has 0 heterocycles. The molecule has 0 radical (unpaired) electrons. The highest BCUT2D eigenvalue weighted by Crippen LogP contribution is 2.53. The third-order valence-corrected chi connectivity index (χ3v) is 4.28. The second kappa shape index (κ2) is 6.22. The van der Waals surface area contributed by atoms with E-state index in [0.717, 1.165) is 0 Å². The first kappa shape index (κ1) is 15.4. The third-order valence-electron chi connectivity index (χ3n) is 3.07. The van der Waals surface area contributed by atoms with E-state index < -0.39 is 19.0 Å². The Labute approximate surface area is 122 Å². The molecule has 0 aliphatic carbocycles. The topological polar surface area (TPSA) is 83.8 Å². The van der Waals surface area contributed by atoms with E-state index in [1.807, 2.05) is 0 Å². The fraction of sp³-hybridized carbons (Fsp3) is 0.133. The summed E-state index contributed by atoms with van der Waals surface area (Å²) in [5.74, 6) is -0.0452. The van der Waals surface area contributed by atoms with Gasteiger partial charge in [0, 0.05) is 5.56 Å². The van der Waals surface area contributed by atoms with Crippen molar-refractivity contribution in [2.24, 2.45) is 0 Å². The van der Waals surface area contributed by atoms with E-state index in [9.17, 15) is 19.1 Å². The van der Waals surface area contributed by atoms with Crippen molar-refractivity contribution in [2.45, 2.75) is 5.66 Å². The minimum atomic E-state index is -4.62. The predicted octanol–water partition coefficient (Wildman–Crippen LogP) is 2.80. The molecule has 0 saturated carbocycles. The highest BCUT2D eigenvalue weighted by Gasteiger charge is 2.37. The average Bonchev–Trinajstić information content (AvgIpc) is 2.47. The molecule has 0 spiro atoms. The second-order valence-electron chi connectivity index (χ2n) is 4.50. The lowest BCUT2D eigenvalue weighted by molar-refractivity contribution is 0.0978. The lowest BCUT2D eigenvalue weighted by Gasteiger charge is -2.17. The summed E-state index contributed by atoms with van der Waals surface area (Å²) in [5.41, 5.74) is -0.966. The zero-order valence-corrected chi connectivity index (χ0v) is 12.2. The van der Waals surface area contributed by atoms with Gasteiger partial charge in [0.15, 0.2) is 5.78 Å². The van der Waals surface area contributed by atoms with Crippen LogP contribution in [-0.4, -0.2) is 22.7 Å². The van der Waals surface area contributed by atoms with Crippen LogP contribution in [0.4, 0.5) is 0 Å². The zero-order chi connectivity index (χ0) is 15.5. The van der Waals surface area contributed by atoms with Crippen molar-refractivity contribution >= 4 is 13.4 Å². The van der Waals surface area contributed by atoms with Crippen molar-refractivity contribution in [3.63, 3.8) is 0 Å². The lowest BCUT2D eigenvalue weighted by Crippen LogP contribution is -2.13. The van der Waals surface area contributed by atoms with Crippen LogP contribution in [0.15, 0.2) is 54.6 Å². The number of carbonyl (C=O) groups excluding carboxylic acids is 1. The molecule has 2 aromatic carbocycles. The van der Waals surface area contributed by atoms with Gasteiger partial charge in [-0.05, 0) is 29.8 Å². The number of methoxy groups -OCH3 is 1. The maximum Gasteiger partial charge on any atom is 0.340 e. The third kappa shape index (κ3) is 3.58. The van der Waals surface area contributed by atoms with Crippen molar-refractivity contribution < 1.29 is 23.9 Å². The lowest BCUT2D eigenvalue weighted by atomic mass is 10.0. The van der Waals surface area contributed by atoms with Crippen molar-refractivity contribution in [2.75, 3.05) is 7.11 Å².